The number of carbonyl (C=O) groups is 2. The van der Waals surface area contributed by atoms with E-state index >= 15 is 0 Å². The van der Waals surface area contributed by atoms with Crippen LogP contribution in [-0.4, -0.2) is 68.1 Å². The molecule has 1 atom stereocenters. The van der Waals surface area contributed by atoms with Crippen LogP contribution in [0.15, 0.2) is 64.6 Å². The molecule has 1 unspecified atom stereocenters. The monoisotopic (exact) mass is 491 g/mol. The fourth-order valence-electron chi connectivity index (χ4n) is 3.79. The van der Waals surface area contributed by atoms with Crippen molar-refractivity contribution in [3.8, 4) is 11.5 Å². The fourth-order valence-corrected chi connectivity index (χ4v) is 3.79. The average Bonchev–Trinajstić information content (AvgIpc) is 3.32. The summed E-state index contributed by atoms with van der Waals surface area (Å²) in [6.07, 6.45) is 5.47. The van der Waals surface area contributed by atoms with E-state index in [2.05, 4.69) is 20.6 Å². The number of methoxy groups -OCH3 is 2. The van der Waals surface area contributed by atoms with Crippen LogP contribution in [0, 0.1) is 5.92 Å². The highest BCUT2D eigenvalue weighted by atomic mass is 16.5. The van der Waals surface area contributed by atoms with E-state index < -0.39 is 5.92 Å². The van der Waals surface area contributed by atoms with Crippen molar-refractivity contribution in [1.29, 1.82) is 0 Å². The van der Waals surface area contributed by atoms with Crippen LogP contribution in [0.25, 0.3) is 22.7 Å². The normalized spacial score (nSPS) is 15.3. The Kier molecular flexibility index (Phi) is 7.65. The molecule has 0 saturated heterocycles. The Balaban J connectivity index is 1.62. The van der Waals surface area contributed by atoms with Crippen LogP contribution in [0.1, 0.15) is 16.8 Å². The third-order valence-corrected chi connectivity index (χ3v) is 5.68. The largest absolute Gasteiger partial charge is 0.497 e. The Bertz CT molecular complexity index is 1290. The molecule has 1 aliphatic carbocycles. The smallest absolute Gasteiger partial charge is 0.251 e. The summed E-state index contributed by atoms with van der Waals surface area (Å²) in [6, 6.07) is 8.56. The molecule has 0 bridgehead atoms. The molecule has 10 nitrogen and oxygen atoms in total. The molecule has 1 aromatic carbocycles. The van der Waals surface area contributed by atoms with Crippen LogP contribution < -0.4 is 10.6 Å². The third kappa shape index (κ3) is 5.72. The van der Waals surface area contributed by atoms with E-state index in [1.54, 1.807) is 62.9 Å². The first-order valence-electron chi connectivity index (χ1n) is 11.5. The highest BCUT2D eigenvalue weighted by molar-refractivity contribution is 5.99. The van der Waals surface area contributed by atoms with Gasteiger partial charge in [-0.15, -0.1) is 0 Å². The number of anilines is 1. The highest BCUT2D eigenvalue weighted by Crippen LogP contribution is 2.29. The van der Waals surface area contributed by atoms with E-state index in [1.807, 2.05) is 19.0 Å². The Labute approximate surface area is 209 Å². The molecule has 10 heteroatoms. The van der Waals surface area contributed by atoms with Crippen molar-refractivity contribution in [1.82, 2.24) is 20.2 Å². The number of rotatable bonds is 9. The number of oxazole rings is 1. The molecule has 0 radical (unpaired) electrons. The van der Waals surface area contributed by atoms with Gasteiger partial charge >= 0.3 is 0 Å². The lowest BCUT2D eigenvalue weighted by Crippen LogP contribution is -2.31. The maximum absolute atomic E-state index is 13.1. The van der Waals surface area contributed by atoms with Gasteiger partial charge in [-0.2, -0.15) is 4.98 Å². The number of allylic oxidation sites excluding steroid dienone is 2. The maximum Gasteiger partial charge on any atom is 0.251 e. The van der Waals surface area contributed by atoms with Gasteiger partial charge in [-0.3, -0.25) is 9.59 Å². The van der Waals surface area contributed by atoms with Gasteiger partial charge < -0.3 is 29.4 Å². The van der Waals surface area contributed by atoms with Crippen molar-refractivity contribution in [2.45, 2.75) is 6.42 Å². The van der Waals surface area contributed by atoms with Crippen molar-refractivity contribution >= 4 is 28.7 Å². The minimum absolute atomic E-state index is 0.244. The van der Waals surface area contributed by atoms with E-state index in [0.717, 1.165) is 0 Å². The summed E-state index contributed by atoms with van der Waals surface area (Å²) in [5.41, 5.74) is 2.34. The van der Waals surface area contributed by atoms with Gasteiger partial charge in [0.25, 0.3) is 5.91 Å². The number of fused-ring (bicyclic) bond motifs is 1. The Morgan fingerprint density at radius 3 is 2.75 bits per heavy atom. The zero-order valence-corrected chi connectivity index (χ0v) is 20.7. The van der Waals surface area contributed by atoms with Gasteiger partial charge in [0.15, 0.2) is 17.0 Å². The lowest BCUT2D eigenvalue weighted by molar-refractivity contribution is -0.118. The van der Waals surface area contributed by atoms with E-state index in [9.17, 15) is 9.59 Å². The first-order chi connectivity index (χ1) is 17.4. The molecule has 36 heavy (non-hydrogen) atoms. The lowest BCUT2D eigenvalue weighted by atomic mass is 9.97. The average molecular weight is 492 g/mol. The van der Waals surface area contributed by atoms with E-state index in [0.29, 0.717) is 65.0 Å². The second kappa shape index (κ2) is 11.0. The van der Waals surface area contributed by atoms with E-state index in [-0.39, 0.29) is 11.8 Å². The minimum atomic E-state index is -0.464. The minimum Gasteiger partial charge on any atom is -0.497 e. The highest BCUT2D eigenvalue weighted by Gasteiger charge is 2.24. The van der Waals surface area contributed by atoms with Gasteiger partial charge in [-0.1, -0.05) is 6.08 Å². The number of benzene rings is 1. The summed E-state index contributed by atoms with van der Waals surface area (Å²) >= 11 is 0. The molecule has 0 saturated carbocycles. The Morgan fingerprint density at radius 1 is 1.19 bits per heavy atom. The van der Waals surface area contributed by atoms with Crippen molar-refractivity contribution in [3.63, 3.8) is 0 Å². The predicted molar refractivity (Wildman–Crippen MR) is 135 cm³/mol. The molecule has 0 fully saturated rings. The maximum atomic E-state index is 13.1. The number of hydrogen-bond acceptors (Lipinski definition) is 8. The summed E-state index contributed by atoms with van der Waals surface area (Å²) in [6.45, 7) is 1.17. The molecule has 1 aliphatic rings. The predicted octanol–water partition coefficient (Wildman–Crippen LogP) is 3.20. The van der Waals surface area contributed by atoms with Gasteiger partial charge in [0.05, 0.1) is 20.1 Å². The first kappa shape index (κ1) is 24.9. The van der Waals surface area contributed by atoms with Gasteiger partial charge in [0.1, 0.15) is 5.76 Å². The first-order valence-corrected chi connectivity index (χ1v) is 11.5. The molecule has 188 valence electrons. The van der Waals surface area contributed by atoms with Gasteiger partial charge in [-0.25, -0.2) is 4.98 Å². The Morgan fingerprint density at radius 2 is 2.03 bits per heavy atom. The lowest BCUT2D eigenvalue weighted by Gasteiger charge is -2.20. The van der Waals surface area contributed by atoms with Crippen molar-refractivity contribution in [2.75, 3.05) is 46.7 Å². The second-order valence-electron chi connectivity index (χ2n) is 8.56. The van der Waals surface area contributed by atoms with Gasteiger partial charge in [0, 0.05) is 42.5 Å². The molecule has 4 rings (SSSR count). The summed E-state index contributed by atoms with van der Waals surface area (Å²) in [4.78, 5) is 36.6. The molecule has 2 heterocycles. The number of hydrogen-bond donors (Lipinski definition) is 2. The molecule has 2 amide bonds. The van der Waals surface area contributed by atoms with Crippen LogP contribution in [0.2, 0.25) is 0 Å². The number of amides is 2. The quantitative estimate of drug-likeness (QED) is 0.468. The molecule has 0 spiro atoms. The zero-order chi connectivity index (χ0) is 25.7. The summed E-state index contributed by atoms with van der Waals surface area (Å²) in [5.74, 6) is 0.503. The Hall–Kier alpha value is -4.18. The molecular weight excluding hydrogens is 462 g/mol. The standard InChI is InChI=1S/C26H29N5O5/c1-31(2)11-10-28-24(32)17-12-18(26-30-23-21(36-26)6-5-9-27-23)14-19(13-17)29-25(33)16-7-8-20(34-3)22(15-16)35-4/h5-9,12-14,16H,10-11,15H2,1-4H3,(H,28,32)(H,29,33). The van der Waals surface area contributed by atoms with E-state index in [1.165, 1.54) is 0 Å². The number of carbonyl (C=O) groups excluding carboxylic acids is 2. The summed E-state index contributed by atoms with van der Waals surface area (Å²) in [7, 11) is 6.96. The third-order valence-electron chi connectivity index (χ3n) is 5.68. The molecule has 2 N–H and O–H groups in total. The topological polar surface area (TPSA) is 119 Å². The number of nitrogens with zero attached hydrogens (tertiary/aromatic N) is 3. The van der Waals surface area contributed by atoms with Crippen LogP contribution in [0.5, 0.6) is 0 Å². The van der Waals surface area contributed by atoms with Crippen LogP contribution in [0.3, 0.4) is 0 Å². The number of aromatic nitrogens is 2. The second-order valence-corrected chi connectivity index (χ2v) is 8.56. The van der Waals surface area contributed by atoms with Crippen molar-refractivity contribution < 1.29 is 23.5 Å². The molecular formula is C26H29N5O5. The zero-order valence-electron chi connectivity index (χ0n) is 20.7. The SMILES string of the molecule is COC1=C(OC)CC(C(=O)Nc2cc(C(=O)NCCN(C)C)cc(-c3nc4ncccc4o3)c2)C=C1. The van der Waals surface area contributed by atoms with Crippen LogP contribution >= 0.6 is 0 Å². The van der Waals surface area contributed by atoms with Gasteiger partial charge in [-0.05, 0) is 50.5 Å². The summed E-state index contributed by atoms with van der Waals surface area (Å²) in [5, 5.41) is 5.82. The molecule has 2 aromatic heterocycles. The number of ether oxygens (including phenoxy) is 2. The number of pyridine rings is 1. The molecule has 0 aliphatic heterocycles. The van der Waals surface area contributed by atoms with Crippen LogP contribution in [-0.2, 0) is 14.3 Å². The fraction of sp³-hybridized carbons (Fsp3) is 0.308. The summed E-state index contributed by atoms with van der Waals surface area (Å²) < 4.78 is 16.5. The van der Waals surface area contributed by atoms with Crippen molar-refractivity contribution in [2.24, 2.45) is 5.92 Å². The van der Waals surface area contributed by atoms with Crippen LogP contribution in [0.4, 0.5) is 5.69 Å². The van der Waals surface area contributed by atoms with Crippen molar-refractivity contribution in [3.05, 3.63) is 65.8 Å². The van der Waals surface area contributed by atoms with E-state index in [4.69, 9.17) is 13.9 Å². The number of nitrogens with one attached hydrogen (secondary N) is 2. The molecule has 3 aromatic rings. The van der Waals surface area contributed by atoms with Gasteiger partial charge in [0.2, 0.25) is 11.8 Å². The number of likely N-dealkylation sites (N-methyl/N-ethyl adjacent to an activating group) is 1.